The van der Waals surface area contributed by atoms with Crippen molar-refractivity contribution in [1.29, 1.82) is 0 Å². The van der Waals surface area contributed by atoms with Crippen LogP contribution in [0.2, 0.25) is 0 Å². The van der Waals surface area contributed by atoms with Crippen molar-refractivity contribution in [3.05, 3.63) is 177 Å². The van der Waals surface area contributed by atoms with Gasteiger partial charge in [-0.2, -0.15) is 0 Å². The first kappa shape index (κ1) is 51.9. The van der Waals surface area contributed by atoms with Crippen molar-refractivity contribution >= 4 is 62.7 Å². The molecule has 2 bridgehead atoms. The second kappa shape index (κ2) is 16.7. The van der Waals surface area contributed by atoms with Gasteiger partial charge in [0.25, 0.3) is 6.71 Å². The molecule has 2 atom stereocenters. The van der Waals surface area contributed by atoms with Gasteiger partial charge in [0.05, 0.1) is 17.0 Å². The highest BCUT2D eigenvalue weighted by atomic mass is 16.3. The zero-order valence-corrected chi connectivity index (χ0v) is 51.2. The van der Waals surface area contributed by atoms with Gasteiger partial charge in [-0.25, -0.2) is 0 Å². The molecule has 6 aliphatic rings. The highest BCUT2D eigenvalue weighted by Gasteiger charge is 2.55. The molecule has 4 heteroatoms. The Hall–Kier alpha value is -6.26. The van der Waals surface area contributed by atoms with E-state index in [2.05, 4.69) is 248 Å². The number of nitrogens with zero attached hydrogens (tertiary/aromatic N) is 2. The summed E-state index contributed by atoms with van der Waals surface area (Å²) in [6.45, 7) is 39.9. The maximum atomic E-state index is 7.90. The third kappa shape index (κ3) is 7.57. The Morgan fingerprint density at radius 1 is 0.463 bits per heavy atom. The zero-order chi connectivity index (χ0) is 56.2. The number of fused-ring (bicyclic) bond motifs is 13. The van der Waals surface area contributed by atoms with Gasteiger partial charge in [-0.05, 0) is 214 Å². The normalized spacial score (nSPS) is 22.4. The molecule has 0 radical (unpaired) electrons. The van der Waals surface area contributed by atoms with Crippen molar-refractivity contribution in [2.45, 2.75) is 206 Å². The van der Waals surface area contributed by atoms with Gasteiger partial charge in [0, 0.05) is 34.6 Å². The number of hydrogen-bond donors (Lipinski definition) is 0. The minimum absolute atomic E-state index is 0.00151. The van der Waals surface area contributed by atoms with Gasteiger partial charge in [-0.1, -0.05) is 190 Å². The summed E-state index contributed by atoms with van der Waals surface area (Å²) in [5.74, 6) is 0. The Bertz CT molecular complexity index is 3910. The Balaban J connectivity index is 1.13. The molecule has 1 aromatic heterocycles. The van der Waals surface area contributed by atoms with Crippen LogP contribution in [0.4, 0.5) is 28.4 Å². The predicted octanol–water partition coefficient (Wildman–Crippen LogP) is 18.7. The molecule has 0 saturated heterocycles. The lowest BCUT2D eigenvalue weighted by Crippen LogP contribution is -2.62. The molecule has 1 fully saturated rings. The summed E-state index contributed by atoms with van der Waals surface area (Å²) in [4.78, 5) is 5.51. The van der Waals surface area contributed by atoms with Gasteiger partial charge < -0.3 is 14.2 Å². The van der Waals surface area contributed by atoms with E-state index in [-0.39, 0.29) is 50.0 Å². The Morgan fingerprint density at radius 2 is 0.988 bits per heavy atom. The van der Waals surface area contributed by atoms with E-state index in [4.69, 9.17) is 4.42 Å². The number of furan rings is 1. The molecular formula is C76H85BN2O. The largest absolute Gasteiger partial charge is 0.468 e. The first-order valence-electron chi connectivity index (χ1n) is 30.6. The lowest BCUT2D eigenvalue weighted by atomic mass is 9.35. The molecule has 8 aromatic rings. The van der Waals surface area contributed by atoms with Crippen molar-refractivity contribution < 1.29 is 4.42 Å². The van der Waals surface area contributed by atoms with Crippen LogP contribution < -0.4 is 26.4 Å². The van der Waals surface area contributed by atoms with E-state index in [0.717, 1.165) is 30.5 Å². The highest BCUT2D eigenvalue weighted by Crippen LogP contribution is 2.62. The molecule has 0 spiro atoms. The Kier molecular flexibility index (Phi) is 10.8. The van der Waals surface area contributed by atoms with E-state index in [0.29, 0.717) is 6.54 Å². The van der Waals surface area contributed by atoms with Crippen molar-refractivity contribution in [2.24, 2.45) is 0 Å². The SMILES string of the molecule is CC(C)(C)c1ccc(N2c3cc4c(cc3B3c5oc6cc7c(cc6c5N(Cc5cc6c(cc5-c5ccccc5)C(C)(C)CCC6(C)C)c5cc(C(C)(C)C)cc2c53)C2(C)CCC7(C)C2)C(C)(C)CCC4(C)C)c(-c2ccccc2)c1. The second-order valence-corrected chi connectivity index (χ2v) is 31.3. The standard InChI is InChI=1S/C76H85BN2O/c1-69(2,3)49-27-28-61(52(36-49)47-25-21-18-22-26-47)79-62-42-57-56(73(11,12)31-32-74(57,13)14)41-60(62)77-66-63(37-50(38-64(66)79)70(4,5)6)78(67-53-40-58-59(43-65(53)80-68(67)77)76(16)34-33-75(58,15)45-76)44-48-35-54-55(72(9,10)30-29-71(54,7)8)39-51(48)46-23-19-17-20-24-46/h17-28,35-43H,29-34,44-45H2,1-16H3. The van der Waals surface area contributed by atoms with Gasteiger partial charge in [0.2, 0.25) is 0 Å². The molecule has 80 heavy (non-hydrogen) atoms. The van der Waals surface area contributed by atoms with Crippen molar-refractivity contribution in [2.75, 3.05) is 9.80 Å². The molecule has 0 amide bonds. The minimum atomic E-state index is -0.168. The van der Waals surface area contributed by atoms with Crippen LogP contribution in [0.25, 0.3) is 33.2 Å². The average molecular weight is 1050 g/mol. The molecule has 0 N–H and O–H groups in total. The fraction of sp³-hybridized carbons (Fsp3) is 0.421. The third-order valence-corrected chi connectivity index (χ3v) is 21.7. The molecule has 4 aliphatic carbocycles. The van der Waals surface area contributed by atoms with E-state index < -0.39 is 0 Å². The van der Waals surface area contributed by atoms with Gasteiger partial charge in [-0.15, -0.1) is 0 Å². The zero-order valence-electron chi connectivity index (χ0n) is 51.2. The Labute approximate surface area is 479 Å². The van der Waals surface area contributed by atoms with Crippen molar-refractivity contribution in [3.8, 4) is 22.3 Å². The van der Waals surface area contributed by atoms with E-state index in [1.165, 1.54) is 137 Å². The quantitative estimate of drug-likeness (QED) is 0.160. The third-order valence-electron chi connectivity index (χ3n) is 21.7. The topological polar surface area (TPSA) is 19.6 Å². The van der Waals surface area contributed by atoms with E-state index >= 15 is 0 Å². The molecule has 2 unspecified atom stereocenters. The van der Waals surface area contributed by atoms with Gasteiger partial charge in [-0.3, -0.25) is 0 Å². The maximum absolute atomic E-state index is 7.90. The van der Waals surface area contributed by atoms with Gasteiger partial charge in [0.1, 0.15) is 5.58 Å². The number of hydrogen-bond acceptors (Lipinski definition) is 3. The van der Waals surface area contributed by atoms with Crippen LogP contribution in [0.5, 0.6) is 0 Å². The fourth-order valence-electron chi connectivity index (χ4n) is 16.5. The van der Waals surface area contributed by atoms with Crippen molar-refractivity contribution in [1.82, 2.24) is 0 Å². The predicted molar refractivity (Wildman–Crippen MR) is 342 cm³/mol. The molecule has 3 heterocycles. The highest BCUT2D eigenvalue weighted by molar-refractivity contribution is 6.99. The molecule has 7 aromatic carbocycles. The lowest BCUT2D eigenvalue weighted by Gasteiger charge is -2.47. The first-order valence-corrected chi connectivity index (χ1v) is 30.6. The van der Waals surface area contributed by atoms with E-state index in [9.17, 15) is 0 Å². The minimum Gasteiger partial charge on any atom is -0.468 e. The second-order valence-electron chi connectivity index (χ2n) is 31.3. The maximum Gasteiger partial charge on any atom is 0.297 e. The summed E-state index contributed by atoms with van der Waals surface area (Å²) in [7, 11) is 0. The van der Waals surface area contributed by atoms with Gasteiger partial charge in [0.15, 0.2) is 0 Å². The number of benzene rings is 7. The molecule has 1 saturated carbocycles. The summed E-state index contributed by atoms with van der Waals surface area (Å²) in [6.07, 6.45) is 8.31. The summed E-state index contributed by atoms with van der Waals surface area (Å²) in [5.41, 5.74) is 29.4. The number of anilines is 5. The summed E-state index contributed by atoms with van der Waals surface area (Å²) < 4.78 is 7.90. The molecule has 2 aliphatic heterocycles. The average Bonchev–Trinajstić information content (AvgIpc) is 4.01. The smallest absolute Gasteiger partial charge is 0.297 e. The summed E-state index contributed by atoms with van der Waals surface area (Å²) in [5, 5.41) is 1.26. The number of rotatable bonds is 5. The van der Waals surface area contributed by atoms with Crippen molar-refractivity contribution in [3.63, 3.8) is 0 Å². The van der Waals surface area contributed by atoms with Crippen LogP contribution in [0.1, 0.15) is 206 Å². The van der Waals surface area contributed by atoms with Crippen LogP contribution in [-0.4, -0.2) is 6.71 Å². The van der Waals surface area contributed by atoms with Crippen LogP contribution in [0.3, 0.4) is 0 Å². The lowest BCUT2D eigenvalue weighted by molar-refractivity contribution is 0.331. The summed E-state index contributed by atoms with van der Waals surface area (Å²) in [6, 6.07) is 50.9. The summed E-state index contributed by atoms with van der Waals surface area (Å²) >= 11 is 0. The van der Waals surface area contributed by atoms with Crippen LogP contribution in [0, 0.1) is 0 Å². The monoisotopic (exact) mass is 1050 g/mol. The van der Waals surface area contributed by atoms with Crippen LogP contribution >= 0.6 is 0 Å². The molecular weight excluding hydrogens is 968 g/mol. The van der Waals surface area contributed by atoms with Gasteiger partial charge >= 0.3 is 0 Å². The van der Waals surface area contributed by atoms with Crippen LogP contribution in [-0.2, 0) is 49.9 Å². The van der Waals surface area contributed by atoms with Crippen LogP contribution in [0.15, 0.2) is 132 Å². The Morgan fingerprint density at radius 3 is 1.57 bits per heavy atom. The molecule has 408 valence electrons. The van der Waals surface area contributed by atoms with E-state index in [1.807, 2.05) is 0 Å². The van der Waals surface area contributed by atoms with E-state index in [1.54, 1.807) is 5.56 Å². The molecule has 14 rings (SSSR count). The fourth-order valence-corrected chi connectivity index (χ4v) is 16.5. The first-order chi connectivity index (χ1) is 37.6. The molecule has 3 nitrogen and oxygen atoms in total.